The molecule has 0 bridgehead atoms. The Labute approximate surface area is 322 Å². The Morgan fingerprint density at radius 3 is 1.71 bits per heavy atom. The third kappa shape index (κ3) is 5.35. The van der Waals surface area contributed by atoms with E-state index in [9.17, 15) is 0 Å². The third-order valence-electron chi connectivity index (χ3n) is 10.5. The topological polar surface area (TPSA) is 69.6 Å². The van der Waals surface area contributed by atoms with Crippen LogP contribution in [0.4, 0.5) is 0 Å². The minimum Gasteiger partial charge on any atom is -0.454 e. The standard InChI is InChI=1S/C50H31N5O/c1-2-12-32(13-3-1)35-14-8-15-36(30-35)49-52-48(34-27-25-33(26-28-34)39-20-10-21-42-46-45(56-47(39)42)24-11-29-51-46)53-50(54-49)37-16-9-17-38(31-37)55-43-22-6-4-18-40(43)41-19-5-7-23-44(41)55/h1-31H. The van der Waals surface area contributed by atoms with Gasteiger partial charge < -0.3 is 8.98 Å². The van der Waals surface area contributed by atoms with Crippen LogP contribution < -0.4 is 0 Å². The Hall–Kier alpha value is -7.70. The van der Waals surface area contributed by atoms with E-state index in [1.54, 1.807) is 6.20 Å². The first-order valence-electron chi connectivity index (χ1n) is 18.6. The molecule has 56 heavy (non-hydrogen) atoms. The quantitative estimate of drug-likeness (QED) is 0.171. The second-order valence-corrected chi connectivity index (χ2v) is 13.9. The van der Waals surface area contributed by atoms with E-state index in [0.717, 1.165) is 77.7 Å². The molecule has 0 saturated heterocycles. The van der Waals surface area contributed by atoms with Crippen molar-refractivity contribution in [3.8, 4) is 62.1 Å². The molecule has 0 N–H and O–H groups in total. The van der Waals surface area contributed by atoms with Crippen LogP contribution in [0.25, 0.3) is 106 Å². The molecular formula is C50H31N5O. The summed E-state index contributed by atoms with van der Waals surface area (Å²) in [6.07, 6.45) is 1.80. The van der Waals surface area contributed by atoms with Crippen LogP contribution in [0.3, 0.4) is 0 Å². The summed E-state index contributed by atoms with van der Waals surface area (Å²) in [7, 11) is 0. The molecule has 0 fully saturated rings. The average molecular weight is 718 g/mol. The lowest BCUT2D eigenvalue weighted by molar-refractivity contribution is 0.669. The number of aromatic nitrogens is 5. The second-order valence-electron chi connectivity index (χ2n) is 13.9. The van der Waals surface area contributed by atoms with Gasteiger partial charge in [0, 0.05) is 50.3 Å². The number of pyridine rings is 1. The SMILES string of the molecule is c1ccc(-c2cccc(-c3nc(-c4ccc(-c5cccc6c5oc5cccnc56)cc4)nc(-c4cccc(-n5c6ccccc6c6ccccc65)c4)n3)c2)cc1. The van der Waals surface area contributed by atoms with Crippen LogP contribution in [0.15, 0.2) is 193 Å². The zero-order chi connectivity index (χ0) is 37.0. The van der Waals surface area contributed by atoms with Crippen molar-refractivity contribution < 1.29 is 4.42 Å². The molecule has 11 rings (SSSR count). The molecule has 0 unspecified atom stereocenters. The molecule has 0 saturated carbocycles. The zero-order valence-corrected chi connectivity index (χ0v) is 30.0. The van der Waals surface area contributed by atoms with Gasteiger partial charge in [0.25, 0.3) is 0 Å². The van der Waals surface area contributed by atoms with Gasteiger partial charge in [-0.05, 0) is 65.2 Å². The molecule has 0 aliphatic rings. The number of hydrogen-bond acceptors (Lipinski definition) is 5. The minimum atomic E-state index is 0.593. The molecule has 262 valence electrons. The van der Waals surface area contributed by atoms with Gasteiger partial charge in [0.15, 0.2) is 23.1 Å². The van der Waals surface area contributed by atoms with Crippen LogP contribution >= 0.6 is 0 Å². The third-order valence-corrected chi connectivity index (χ3v) is 10.5. The number of nitrogens with zero attached hydrogens (tertiary/aromatic N) is 5. The van der Waals surface area contributed by atoms with Crippen molar-refractivity contribution in [1.29, 1.82) is 0 Å². The highest BCUT2D eigenvalue weighted by Crippen LogP contribution is 2.37. The number of benzene rings is 7. The summed E-state index contributed by atoms with van der Waals surface area (Å²) in [5.74, 6) is 1.80. The summed E-state index contributed by atoms with van der Waals surface area (Å²) in [6.45, 7) is 0. The second kappa shape index (κ2) is 13.0. The van der Waals surface area contributed by atoms with Crippen LogP contribution in [0, 0.1) is 0 Å². The van der Waals surface area contributed by atoms with Crippen LogP contribution in [-0.2, 0) is 0 Å². The number of hydrogen-bond donors (Lipinski definition) is 0. The van der Waals surface area contributed by atoms with Crippen molar-refractivity contribution in [2.45, 2.75) is 0 Å². The van der Waals surface area contributed by atoms with Crippen LogP contribution in [0.2, 0.25) is 0 Å². The van der Waals surface area contributed by atoms with Gasteiger partial charge in [-0.25, -0.2) is 15.0 Å². The summed E-state index contributed by atoms with van der Waals surface area (Å²) in [6, 6.07) is 62.8. The summed E-state index contributed by atoms with van der Waals surface area (Å²) < 4.78 is 8.63. The van der Waals surface area contributed by atoms with Gasteiger partial charge >= 0.3 is 0 Å². The van der Waals surface area contributed by atoms with Crippen LogP contribution in [0.1, 0.15) is 0 Å². The molecule has 6 heteroatoms. The maximum Gasteiger partial charge on any atom is 0.164 e. The summed E-state index contributed by atoms with van der Waals surface area (Å²) >= 11 is 0. The first-order valence-corrected chi connectivity index (χ1v) is 18.6. The van der Waals surface area contributed by atoms with Crippen molar-refractivity contribution >= 4 is 43.9 Å². The van der Waals surface area contributed by atoms with Gasteiger partial charge in [-0.3, -0.25) is 4.98 Å². The largest absolute Gasteiger partial charge is 0.454 e. The van der Waals surface area contributed by atoms with Crippen molar-refractivity contribution in [2.24, 2.45) is 0 Å². The molecular weight excluding hydrogens is 687 g/mol. The van der Waals surface area contributed by atoms with E-state index in [0.29, 0.717) is 17.5 Å². The van der Waals surface area contributed by atoms with E-state index in [1.807, 2.05) is 18.2 Å². The molecule has 4 aromatic heterocycles. The first kappa shape index (κ1) is 31.8. The van der Waals surface area contributed by atoms with Crippen LogP contribution in [0.5, 0.6) is 0 Å². The number of fused-ring (bicyclic) bond motifs is 6. The lowest BCUT2D eigenvalue weighted by Gasteiger charge is -2.12. The Morgan fingerprint density at radius 1 is 0.393 bits per heavy atom. The Balaban J connectivity index is 1.05. The Morgan fingerprint density at radius 2 is 0.964 bits per heavy atom. The smallest absolute Gasteiger partial charge is 0.164 e. The molecule has 0 aliphatic carbocycles. The molecule has 7 aromatic carbocycles. The van der Waals surface area contributed by atoms with Crippen molar-refractivity contribution in [3.05, 3.63) is 188 Å². The predicted molar refractivity (Wildman–Crippen MR) is 226 cm³/mol. The van der Waals surface area contributed by atoms with E-state index >= 15 is 0 Å². The van der Waals surface area contributed by atoms with Crippen molar-refractivity contribution in [3.63, 3.8) is 0 Å². The fraction of sp³-hybridized carbons (Fsp3) is 0. The average Bonchev–Trinajstić information content (AvgIpc) is 3.83. The van der Waals surface area contributed by atoms with Gasteiger partial charge in [-0.2, -0.15) is 0 Å². The van der Waals surface area contributed by atoms with Gasteiger partial charge in [0.05, 0.1) is 11.0 Å². The number of furan rings is 1. The lowest BCUT2D eigenvalue weighted by Crippen LogP contribution is -2.01. The predicted octanol–water partition coefficient (Wildman–Crippen LogP) is 12.6. The van der Waals surface area contributed by atoms with Crippen molar-refractivity contribution in [1.82, 2.24) is 24.5 Å². The highest BCUT2D eigenvalue weighted by Gasteiger charge is 2.17. The van der Waals surface area contributed by atoms with E-state index in [2.05, 4.69) is 173 Å². The summed E-state index contributed by atoms with van der Waals surface area (Å²) in [5.41, 5.74) is 12.8. The highest BCUT2D eigenvalue weighted by atomic mass is 16.3. The van der Waals surface area contributed by atoms with Crippen LogP contribution in [-0.4, -0.2) is 24.5 Å². The monoisotopic (exact) mass is 717 g/mol. The van der Waals surface area contributed by atoms with E-state index in [4.69, 9.17) is 19.4 Å². The zero-order valence-electron chi connectivity index (χ0n) is 30.0. The molecule has 11 aromatic rings. The molecule has 0 amide bonds. The molecule has 0 aliphatic heterocycles. The molecule has 4 heterocycles. The highest BCUT2D eigenvalue weighted by molar-refractivity contribution is 6.09. The lowest BCUT2D eigenvalue weighted by atomic mass is 10.0. The normalized spacial score (nSPS) is 11.6. The molecule has 6 nitrogen and oxygen atoms in total. The maximum absolute atomic E-state index is 6.31. The Kier molecular flexibility index (Phi) is 7.38. The maximum atomic E-state index is 6.31. The summed E-state index contributed by atoms with van der Waals surface area (Å²) in [5, 5.41) is 3.43. The molecule has 0 spiro atoms. The summed E-state index contributed by atoms with van der Waals surface area (Å²) in [4.78, 5) is 20.0. The Bertz CT molecular complexity index is 3200. The number of rotatable bonds is 6. The minimum absolute atomic E-state index is 0.593. The number of para-hydroxylation sites is 3. The van der Waals surface area contributed by atoms with Gasteiger partial charge in [0.2, 0.25) is 0 Å². The van der Waals surface area contributed by atoms with E-state index in [1.165, 1.54) is 10.8 Å². The molecule has 0 atom stereocenters. The molecule has 0 radical (unpaired) electrons. The fourth-order valence-corrected chi connectivity index (χ4v) is 7.86. The van der Waals surface area contributed by atoms with E-state index in [-0.39, 0.29) is 0 Å². The fourth-order valence-electron chi connectivity index (χ4n) is 7.86. The van der Waals surface area contributed by atoms with Gasteiger partial charge in [0.1, 0.15) is 11.1 Å². The van der Waals surface area contributed by atoms with Gasteiger partial charge in [-0.1, -0.05) is 133 Å². The van der Waals surface area contributed by atoms with E-state index < -0.39 is 0 Å². The van der Waals surface area contributed by atoms with Gasteiger partial charge in [-0.15, -0.1) is 0 Å². The van der Waals surface area contributed by atoms with Crippen molar-refractivity contribution in [2.75, 3.05) is 0 Å². The first-order chi connectivity index (χ1) is 27.7.